The molecule has 0 aromatic rings. The van der Waals surface area contributed by atoms with Gasteiger partial charge < -0.3 is 10.9 Å². The number of rotatable bonds is 1. The van der Waals surface area contributed by atoms with E-state index in [2.05, 4.69) is 4.74 Å². The molecule has 0 aromatic heterocycles. The number of carbonyl (C=O) groups is 2. The van der Waals surface area contributed by atoms with Gasteiger partial charge in [0, 0.05) is 6.92 Å². The molecule has 0 fully saturated rings. The lowest BCUT2D eigenvalue weighted by Gasteiger charge is -2.00. The van der Waals surface area contributed by atoms with Gasteiger partial charge in [-0.1, -0.05) is 13.8 Å². The minimum atomic E-state index is -0.547. The van der Waals surface area contributed by atoms with Gasteiger partial charge in [-0.25, -0.2) is 0 Å². The van der Waals surface area contributed by atoms with E-state index in [9.17, 15) is 9.59 Å². The lowest BCUT2D eigenvalue weighted by molar-refractivity contribution is -0.160. The second-order valence-electron chi connectivity index (χ2n) is 2.07. The summed E-state index contributed by atoms with van der Waals surface area (Å²) in [6.07, 6.45) is 0. The lowest BCUT2D eigenvalue weighted by Crippen LogP contribution is -2.14. The van der Waals surface area contributed by atoms with Gasteiger partial charge in [0.1, 0.15) is 0 Å². The van der Waals surface area contributed by atoms with Crippen molar-refractivity contribution >= 4 is 11.9 Å². The van der Waals surface area contributed by atoms with Crippen molar-refractivity contribution in [3.63, 3.8) is 0 Å². The maximum Gasteiger partial charge on any atom is 0.316 e. The first-order valence-corrected chi connectivity index (χ1v) is 2.76. The average Bonchev–Trinajstić information content (AvgIpc) is 1.63. The van der Waals surface area contributed by atoms with E-state index in [0.717, 1.165) is 0 Å². The predicted octanol–water partition coefficient (Wildman–Crippen LogP) is 0.894. The molecule has 0 aliphatic heterocycles. The van der Waals surface area contributed by atoms with Crippen LogP contribution in [0.15, 0.2) is 0 Å². The molecule has 0 aliphatic rings. The third kappa shape index (κ3) is 5.24. The molecule has 0 atom stereocenters. The Labute approximate surface area is 60.1 Å². The van der Waals surface area contributed by atoms with Gasteiger partial charge in [-0.2, -0.15) is 0 Å². The highest BCUT2D eigenvalue weighted by Gasteiger charge is 2.09. The maximum atomic E-state index is 10.5. The summed E-state index contributed by atoms with van der Waals surface area (Å²) in [5.41, 5.74) is 0. The van der Waals surface area contributed by atoms with E-state index in [1.54, 1.807) is 13.8 Å². The van der Waals surface area contributed by atoms with Crippen LogP contribution in [0.3, 0.4) is 0 Å². The van der Waals surface area contributed by atoms with Crippen LogP contribution in [-0.2, 0) is 14.3 Å². The summed E-state index contributed by atoms with van der Waals surface area (Å²) in [5.74, 6) is -1.25. The summed E-state index contributed by atoms with van der Waals surface area (Å²) < 4.78 is 4.23. The fourth-order valence-corrected chi connectivity index (χ4v) is 0.260. The second kappa shape index (κ2) is 4.93. The van der Waals surface area contributed by atoms with E-state index in [4.69, 9.17) is 0 Å². The zero-order valence-corrected chi connectivity index (χ0v) is 6.51. The molecule has 60 valence electrons. The first-order valence-electron chi connectivity index (χ1n) is 2.76. The predicted molar refractivity (Wildman–Crippen MR) is 36.6 cm³/mol. The highest BCUT2D eigenvalue weighted by Crippen LogP contribution is 1.94. The van der Waals surface area contributed by atoms with Gasteiger partial charge in [-0.05, 0) is 0 Å². The SMILES string of the molecule is CC(=O)OC(=O)C(C)C.N. The Kier molecular flexibility index (Phi) is 5.84. The minimum Gasteiger partial charge on any atom is -0.393 e. The fourth-order valence-electron chi connectivity index (χ4n) is 0.260. The normalized spacial score (nSPS) is 8.40. The smallest absolute Gasteiger partial charge is 0.316 e. The number of carbonyl (C=O) groups excluding carboxylic acids is 2. The molecule has 0 aliphatic carbocycles. The zero-order chi connectivity index (χ0) is 7.44. The Morgan fingerprint density at radius 2 is 1.70 bits per heavy atom. The Morgan fingerprint density at radius 1 is 1.30 bits per heavy atom. The Bertz CT molecular complexity index is 131. The Balaban J connectivity index is 0. The monoisotopic (exact) mass is 147 g/mol. The molecule has 0 unspecified atom stereocenters. The van der Waals surface area contributed by atoms with Crippen molar-refractivity contribution in [2.45, 2.75) is 20.8 Å². The molecule has 4 heteroatoms. The standard InChI is InChI=1S/C6H10O3.H3N/c1-4(2)6(8)9-5(3)7;/h4H,1-3H3;1H3. The van der Waals surface area contributed by atoms with Crippen LogP contribution in [-0.4, -0.2) is 11.9 Å². The fraction of sp³-hybridized carbons (Fsp3) is 0.667. The topological polar surface area (TPSA) is 78.4 Å². The van der Waals surface area contributed by atoms with Crippen molar-refractivity contribution in [3.8, 4) is 0 Å². The third-order valence-electron chi connectivity index (χ3n) is 0.716. The third-order valence-corrected chi connectivity index (χ3v) is 0.716. The summed E-state index contributed by atoms with van der Waals surface area (Å²) in [7, 11) is 0. The highest BCUT2D eigenvalue weighted by atomic mass is 16.6. The molecule has 0 spiro atoms. The summed E-state index contributed by atoms with van der Waals surface area (Å²) >= 11 is 0. The van der Waals surface area contributed by atoms with Gasteiger partial charge in [0.05, 0.1) is 5.92 Å². The van der Waals surface area contributed by atoms with Gasteiger partial charge in [-0.3, -0.25) is 9.59 Å². The number of hydrogen-bond acceptors (Lipinski definition) is 4. The quantitative estimate of drug-likeness (QED) is 0.441. The second-order valence-corrected chi connectivity index (χ2v) is 2.07. The molecule has 0 heterocycles. The van der Waals surface area contributed by atoms with Crippen molar-refractivity contribution in [2.75, 3.05) is 0 Å². The van der Waals surface area contributed by atoms with Crippen molar-refractivity contribution in [1.82, 2.24) is 6.15 Å². The van der Waals surface area contributed by atoms with Gasteiger partial charge in [0.2, 0.25) is 0 Å². The van der Waals surface area contributed by atoms with Crippen LogP contribution in [0, 0.1) is 5.92 Å². The van der Waals surface area contributed by atoms with Gasteiger partial charge >= 0.3 is 11.9 Å². The molecule has 3 N–H and O–H groups in total. The van der Waals surface area contributed by atoms with Gasteiger partial charge in [-0.15, -0.1) is 0 Å². The van der Waals surface area contributed by atoms with E-state index in [1.165, 1.54) is 6.92 Å². The zero-order valence-electron chi connectivity index (χ0n) is 6.51. The van der Waals surface area contributed by atoms with E-state index in [-0.39, 0.29) is 12.1 Å². The van der Waals surface area contributed by atoms with Crippen LogP contribution in [0.5, 0.6) is 0 Å². The first kappa shape index (κ1) is 11.8. The molecule has 0 amide bonds. The molecule has 0 aromatic carbocycles. The van der Waals surface area contributed by atoms with E-state index >= 15 is 0 Å². The lowest BCUT2D eigenvalue weighted by atomic mass is 10.2. The van der Waals surface area contributed by atoms with Crippen LogP contribution in [0.2, 0.25) is 0 Å². The van der Waals surface area contributed by atoms with Gasteiger partial charge in [0.25, 0.3) is 0 Å². The van der Waals surface area contributed by atoms with Crippen LogP contribution in [0.1, 0.15) is 20.8 Å². The molecule has 0 saturated carbocycles. The average molecular weight is 147 g/mol. The Hall–Kier alpha value is -0.900. The molecular formula is C6H13NO3. The van der Waals surface area contributed by atoms with Crippen LogP contribution >= 0.6 is 0 Å². The molecule has 0 bridgehead atoms. The Morgan fingerprint density at radius 3 is 1.80 bits per heavy atom. The van der Waals surface area contributed by atoms with Crippen LogP contribution in [0.25, 0.3) is 0 Å². The molecule has 0 saturated heterocycles. The van der Waals surface area contributed by atoms with Crippen LogP contribution in [0.4, 0.5) is 0 Å². The minimum absolute atomic E-state index is 0. The first-order chi connectivity index (χ1) is 4.04. The molecule has 0 rings (SSSR count). The summed E-state index contributed by atoms with van der Waals surface area (Å²) in [4.78, 5) is 20.6. The molecule has 0 radical (unpaired) electrons. The van der Waals surface area contributed by atoms with Crippen molar-refractivity contribution in [1.29, 1.82) is 0 Å². The number of hydrogen-bond donors (Lipinski definition) is 1. The summed E-state index contributed by atoms with van der Waals surface area (Å²) in [6.45, 7) is 4.55. The molecule has 4 nitrogen and oxygen atoms in total. The number of esters is 2. The largest absolute Gasteiger partial charge is 0.393 e. The van der Waals surface area contributed by atoms with Crippen LogP contribution < -0.4 is 6.15 Å². The van der Waals surface area contributed by atoms with Gasteiger partial charge in [0.15, 0.2) is 0 Å². The highest BCUT2D eigenvalue weighted by molar-refractivity contribution is 5.85. The molecule has 10 heavy (non-hydrogen) atoms. The van der Waals surface area contributed by atoms with Crippen molar-refractivity contribution in [2.24, 2.45) is 5.92 Å². The maximum absolute atomic E-state index is 10.5. The van der Waals surface area contributed by atoms with E-state index < -0.39 is 11.9 Å². The number of ether oxygens (including phenoxy) is 1. The summed E-state index contributed by atoms with van der Waals surface area (Å²) in [5, 5.41) is 0. The van der Waals surface area contributed by atoms with Crippen molar-refractivity contribution in [3.05, 3.63) is 0 Å². The van der Waals surface area contributed by atoms with E-state index in [1.807, 2.05) is 0 Å². The van der Waals surface area contributed by atoms with Crippen molar-refractivity contribution < 1.29 is 14.3 Å². The van der Waals surface area contributed by atoms with E-state index in [0.29, 0.717) is 0 Å². The molecular weight excluding hydrogens is 134 g/mol. The summed E-state index contributed by atoms with van der Waals surface area (Å²) in [6, 6.07) is 0.